The molecule has 3 aromatic heterocycles. The first-order valence-corrected chi connectivity index (χ1v) is 8.31. The van der Waals surface area contributed by atoms with Crippen LogP contribution in [0, 0.1) is 19.8 Å². The van der Waals surface area contributed by atoms with Crippen LogP contribution in [0.4, 0.5) is 0 Å². The molecule has 0 fully saturated rings. The van der Waals surface area contributed by atoms with E-state index in [2.05, 4.69) is 20.4 Å². The lowest BCUT2D eigenvalue weighted by Gasteiger charge is -2.19. The van der Waals surface area contributed by atoms with E-state index in [-0.39, 0.29) is 17.9 Å². The highest BCUT2D eigenvalue weighted by Gasteiger charge is 2.24. The lowest BCUT2D eigenvalue weighted by atomic mass is 10.0. The molecule has 0 radical (unpaired) electrons. The Morgan fingerprint density at radius 1 is 1.40 bits per heavy atom. The third kappa shape index (κ3) is 3.21. The summed E-state index contributed by atoms with van der Waals surface area (Å²) in [6.45, 7) is 8.30. The van der Waals surface area contributed by atoms with Gasteiger partial charge in [-0.25, -0.2) is 14.5 Å². The van der Waals surface area contributed by atoms with Gasteiger partial charge in [-0.05, 0) is 19.8 Å². The second kappa shape index (κ2) is 6.79. The number of carbonyl (C=O) groups is 1. The van der Waals surface area contributed by atoms with Crippen molar-refractivity contribution in [2.45, 2.75) is 40.2 Å². The van der Waals surface area contributed by atoms with Gasteiger partial charge >= 0.3 is 0 Å². The van der Waals surface area contributed by atoms with Crippen LogP contribution in [-0.4, -0.2) is 39.2 Å². The quantitative estimate of drug-likeness (QED) is 0.737. The fourth-order valence-electron chi connectivity index (χ4n) is 2.76. The van der Waals surface area contributed by atoms with Crippen LogP contribution in [0.25, 0.3) is 16.7 Å². The number of carbonyl (C=O) groups excluding carboxylic acids is 1. The van der Waals surface area contributed by atoms with Crippen LogP contribution in [0.3, 0.4) is 0 Å². The number of furan rings is 1. The molecule has 0 aliphatic rings. The third-order valence-corrected chi connectivity index (χ3v) is 4.32. The van der Waals surface area contributed by atoms with E-state index in [1.54, 1.807) is 18.0 Å². The van der Waals surface area contributed by atoms with Crippen LogP contribution in [0.2, 0.25) is 0 Å². The van der Waals surface area contributed by atoms with E-state index in [9.17, 15) is 4.79 Å². The van der Waals surface area contributed by atoms with E-state index in [4.69, 9.17) is 9.15 Å². The molecule has 8 heteroatoms. The van der Waals surface area contributed by atoms with Gasteiger partial charge in [0.25, 0.3) is 0 Å². The molecule has 0 bridgehead atoms. The molecule has 0 unspecified atom stereocenters. The van der Waals surface area contributed by atoms with Crippen molar-refractivity contribution in [2.75, 3.05) is 13.7 Å². The Bertz CT molecular complexity index is 912. The van der Waals surface area contributed by atoms with Gasteiger partial charge in [-0.3, -0.25) is 4.79 Å². The van der Waals surface area contributed by atoms with Crippen molar-refractivity contribution in [3.05, 3.63) is 23.5 Å². The first kappa shape index (κ1) is 17.3. The largest absolute Gasteiger partial charge is 0.443 e. The number of ether oxygens (including phenoxy) is 1. The van der Waals surface area contributed by atoms with Crippen LogP contribution < -0.4 is 5.32 Å². The fourth-order valence-corrected chi connectivity index (χ4v) is 2.76. The summed E-state index contributed by atoms with van der Waals surface area (Å²) in [5.74, 6) is 1.43. The average Bonchev–Trinajstić information content (AvgIpc) is 3.11. The smallest absolute Gasteiger partial charge is 0.231 e. The molecular weight excluding hydrogens is 322 g/mol. The van der Waals surface area contributed by atoms with Crippen molar-refractivity contribution in [3.63, 3.8) is 0 Å². The predicted octanol–water partition coefficient (Wildman–Crippen LogP) is 2.34. The minimum atomic E-state index is -0.285. The van der Waals surface area contributed by atoms with Gasteiger partial charge in [-0.2, -0.15) is 0 Å². The van der Waals surface area contributed by atoms with Crippen LogP contribution in [0.15, 0.2) is 10.7 Å². The zero-order valence-electron chi connectivity index (χ0n) is 15.2. The van der Waals surface area contributed by atoms with E-state index in [1.807, 2.05) is 27.7 Å². The van der Waals surface area contributed by atoms with E-state index in [0.717, 1.165) is 16.7 Å². The number of fused-ring (bicyclic) bond motifs is 3. The number of rotatable bonds is 6. The highest BCUT2D eigenvalue weighted by Crippen LogP contribution is 2.27. The van der Waals surface area contributed by atoms with Crippen LogP contribution in [0.5, 0.6) is 0 Å². The summed E-state index contributed by atoms with van der Waals surface area (Å²) < 4.78 is 12.2. The number of methoxy groups -OCH3 is 1. The molecule has 134 valence electrons. The molecule has 0 aliphatic carbocycles. The summed E-state index contributed by atoms with van der Waals surface area (Å²) in [7, 11) is 1.57. The summed E-state index contributed by atoms with van der Waals surface area (Å²) in [6, 6.07) is -0.285. The van der Waals surface area contributed by atoms with Gasteiger partial charge in [0.15, 0.2) is 11.5 Å². The monoisotopic (exact) mass is 345 g/mol. The molecule has 0 aliphatic heterocycles. The minimum Gasteiger partial charge on any atom is -0.443 e. The Labute approximate surface area is 145 Å². The zero-order valence-corrected chi connectivity index (χ0v) is 15.2. The van der Waals surface area contributed by atoms with E-state index >= 15 is 0 Å². The minimum absolute atomic E-state index is 0.0852. The number of hydrogen-bond donors (Lipinski definition) is 1. The number of aryl methyl sites for hydroxylation is 2. The molecule has 1 atom stereocenters. The topological polar surface area (TPSA) is 94.5 Å². The maximum Gasteiger partial charge on any atom is 0.231 e. The SMILES string of the molecule is COCCC(=O)N[C@H](c1nc2c3c(C)c(C)oc3ncn2n1)C(C)C. The molecule has 1 amide bonds. The lowest BCUT2D eigenvalue weighted by molar-refractivity contribution is -0.123. The number of aromatic nitrogens is 4. The van der Waals surface area contributed by atoms with Crippen molar-refractivity contribution in [3.8, 4) is 0 Å². The number of amides is 1. The highest BCUT2D eigenvalue weighted by atomic mass is 16.5. The molecule has 1 N–H and O–H groups in total. The Balaban J connectivity index is 2.01. The maximum atomic E-state index is 12.1. The van der Waals surface area contributed by atoms with E-state index < -0.39 is 0 Å². The standard InChI is InChI=1S/C17H23N5O3/c1-9(2)14(19-12(23)6-7-24-5)15-20-16-13-10(3)11(4)25-17(13)18-8-22(16)21-15/h8-9,14H,6-7H2,1-5H3,(H,19,23)/t14-/m0/s1. The summed E-state index contributed by atoms with van der Waals surface area (Å²) in [6.07, 6.45) is 1.89. The summed E-state index contributed by atoms with van der Waals surface area (Å²) in [5, 5.41) is 8.37. The maximum absolute atomic E-state index is 12.1. The molecule has 3 heterocycles. The summed E-state index contributed by atoms with van der Waals surface area (Å²) in [4.78, 5) is 21.1. The van der Waals surface area contributed by atoms with Gasteiger partial charge in [0, 0.05) is 19.1 Å². The van der Waals surface area contributed by atoms with Crippen LogP contribution in [-0.2, 0) is 9.53 Å². The molecular formula is C17H23N5O3. The van der Waals surface area contributed by atoms with Crippen LogP contribution >= 0.6 is 0 Å². The molecule has 0 saturated carbocycles. The van der Waals surface area contributed by atoms with Gasteiger partial charge in [0.2, 0.25) is 11.6 Å². The number of nitrogens with zero attached hydrogens (tertiary/aromatic N) is 4. The Morgan fingerprint density at radius 3 is 2.84 bits per heavy atom. The third-order valence-electron chi connectivity index (χ3n) is 4.32. The number of nitrogens with one attached hydrogen (secondary N) is 1. The molecule has 3 rings (SSSR count). The molecule has 8 nitrogen and oxygen atoms in total. The van der Waals surface area contributed by atoms with E-state index in [1.165, 1.54) is 0 Å². The van der Waals surface area contributed by atoms with Crippen molar-refractivity contribution in [2.24, 2.45) is 5.92 Å². The average molecular weight is 345 g/mol. The van der Waals surface area contributed by atoms with Gasteiger partial charge in [0.1, 0.15) is 12.1 Å². The lowest BCUT2D eigenvalue weighted by Crippen LogP contribution is -2.33. The van der Waals surface area contributed by atoms with E-state index in [0.29, 0.717) is 30.2 Å². The second-order valence-electron chi connectivity index (χ2n) is 6.48. The van der Waals surface area contributed by atoms with Crippen molar-refractivity contribution < 1.29 is 13.9 Å². The van der Waals surface area contributed by atoms with Crippen molar-refractivity contribution in [1.82, 2.24) is 24.9 Å². The Hall–Kier alpha value is -2.48. The molecule has 0 aromatic carbocycles. The normalized spacial score (nSPS) is 13.0. The van der Waals surface area contributed by atoms with Crippen LogP contribution in [0.1, 0.15) is 43.5 Å². The Kier molecular flexibility index (Phi) is 4.71. The number of hydrogen-bond acceptors (Lipinski definition) is 6. The second-order valence-corrected chi connectivity index (χ2v) is 6.48. The summed E-state index contributed by atoms with van der Waals surface area (Å²) in [5.41, 5.74) is 2.23. The Morgan fingerprint density at radius 2 is 2.16 bits per heavy atom. The van der Waals surface area contributed by atoms with Gasteiger partial charge in [-0.15, -0.1) is 5.10 Å². The van der Waals surface area contributed by atoms with Crippen molar-refractivity contribution in [1.29, 1.82) is 0 Å². The van der Waals surface area contributed by atoms with Gasteiger partial charge in [-0.1, -0.05) is 13.8 Å². The molecule has 0 saturated heterocycles. The highest BCUT2D eigenvalue weighted by molar-refractivity contribution is 5.91. The first-order chi connectivity index (χ1) is 11.9. The molecule has 0 spiro atoms. The fraction of sp³-hybridized carbons (Fsp3) is 0.529. The molecule has 25 heavy (non-hydrogen) atoms. The van der Waals surface area contributed by atoms with Gasteiger partial charge < -0.3 is 14.5 Å². The first-order valence-electron chi connectivity index (χ1n) is 8.31. The summed E-state index contributed by atoms with van der Waals surface area (Å²) >= 11 is 0. The zero-order chi connectivity index (χ0) is 18.1. The van der Waals surface area contributed by atoms with Gasteiger partial charge in [0.05, 0.1) is 18.0 Å². The van der Waals surface area contributed by atoms with Crippen molar-refractivity contribution >= 4 is 22.7 Å². The predicted molar refractivity (Wildman–Crippen MR) is 92.2 cm³/mol. The molecule has 3 aromatic rings.